The largest absolute Gasteiger partial charge is 0.352 e. The Morgan fingerprint density at radius 1 is 1.20 bits per heavy atom. The molecule has 20 heavy (non-hydrogen) atoms. The number of urea groups is 1. The molecule has 1 fully saturated rings. The number of rotatable bonds is 3. The van der Waals surface area contributed by atoms with Crippen LogP contribution in [0.15, 0.2) is 24.3 Å². The van der Waals surface area contributed by atoms with E-state index in [-0.39, 0.29) is 11.9 Å². The van der Waals surface area contributed by atoms with Gasteiger partial charge in [-0.05, 0) is 31.2 Å². The van der Waals surface area contributed by atoms with Gasteiger partial charge in [-0.1, -0.05) is 0 Å². The lowest BCUT2D eigenvalue weighted by molar-refractivity contribution is 0.0956. The number of anilines is 1. The number of nitrogens with zero attached hydrogens (tertiary/aromatic N) is 1. The van der Waals surface area contributed by atoms with Gasteiger partial charge in [-0.15, -0.1) is 0 Å². The molecule has 0 atom stereocenters. The van der Waals surface area contributed by atoms with Gasteiger partial charge in [-0.25, -0.2) is 4.79 Å². The predicted molar refractivity (Wildman–Crippen MR) is 82.4 cm³/mol. The van der Waals surface area contributed by atoms with Crippen molar-refractivity contribution in [1.82, 2.24) is 10.2 Å². The second-order valence-electron chi connectivity index (χ2n) is 4.47. The van der Waals surface area contributed by atoms with E-state index in [1.165, 1.54) is 0 Å². The molecular formula is C14H19N3O2S. The highest BCUT2D eigenvalue weighted by molar-refractivity contribution is 7.99. The number of nitrogens with one attached hydrogen (secondary N) is 2. The van der Waals surface area contributed by atoms with Gasteiger partial charge in [0, 0.05) is 42.4 Å². The van der Waals surface area contributed by atoms with Crippen molar-refractivity contribution in [2.45, 2.75) is 6.92 Å². The topological polar surface area (TPSA) is 61.4 Å². The van der Waals surface area contributed by atoms with Crippen LogP contribution in [0.3, 0.4) is 0 Å². The van der Waals surface area contributed by atoms with Crippen LogP contribution in [0.25, 0.3) is 0 Å². The van der Waals surface area contributed by atoms with Crippen LogP contribution in [0.2, 0.25) is 0 Å². The number of hydrogen-bond donors (Lipinski definition) is 2. The van der Waals surface area contributed by atoms with E-state index in [1.807, 2.05) is 23.6 Å². The van der Waals surface area contributed by atoms with Crippen molar-refractivity contribution in [3.63, 3.8) is 0 Å². The van der Waals surface area contributed by atoms with E-state index in [9.17, 15) is 9.59 Å². The van der Waals surface area contributed by atoms with Gasteiger partial charge in [0.1, 0.15) is 0 Å². The number of benzene rings is 1. The number of thioether (sulfide) groups is 1. The van der Waals surface area contributed by atoms with E-state index in [0.717, 1.165) is 24.6 Å². The minimum absolute atomic E-state index is 0.0731. The van der Waals surface area contributed by atoms with Gasteiger partial charge in [0.15, 0.2) is 0 Å². The predicted octanol–water partition coefficient (Wildman–Crippen LogP) is 2.02. The highest BCUT2D eigenvalue weighted by Crippen LogP contribution is 2.13. The van der Waals surface area contributed by atoms with E-state index < -0.39 is 0 Å². The van der Waals surface area contributed by atoms with Crippen molar-refractivity contribution >= 4 is 29.4 Å². The summed E-state index contributed by atoms with van der Waals surface area (Å²) in [4.78, 5) is 25.4. The first kappa shape index (κ1) is 14.7. The van der Waals surface area contributed by atoms with Crippen LogP contribution >= 0.6 is 11.8 Å². The molecular weight excluding hydrogens is 274 g/mol. The quantitative estimate of drug-likeness (QED) is 0.896. The summed E-state index contributed by atoms with van der Waals surface area (Å²) < 4.78 is 0. The highest BCUT2D eigenvalue weighted by Gasteiger charge is 2.16. The zero-order valence-corrected chi connectivity index (χ0v) is 12.3. The lowest BCUT2D eigenvalue weighted by Gasteiger charge is -2.26. The Morgan fingerprint density at radius 2 is 1.85 bits per heavy atom. The maximum absolute atomic E-state index is 12.0. The first-order valence-electron chi connectivity index (χ1n) is 6.72. The van der Waals surface area contributed by atoms with E-state index in [1.54, 1.807) is 24.3 Å². The summed E-state index contributed by atoms with van der Waals surface area (Å²) in [6, 6.07) is 6.86. The van der Waals surface area contributed by atoms with E-state index in [0.29, 0.717) is 17.8 Å². The Hall–Kier alpha value is -1.69. The van der Waals surface area contributed by atoms with Crippen LogP contribution in [0.5, 0.6) is 0 Å². The number of amides is 3. The molecule has 1 aromatic rings. The second-order valence-corrected chi connectivity index (χ2v) is 5.69. The van der Waals surface area contributed by atoms with Crippen LogP contribution in [-0.2, 0) is 0 Å². The summed E-state index contributed by atoms with van der Waals surface area (Å²) in [6.45, 7) is 4.05. The average molecular weight is 293 g/mol. The lowest BCUT2D eigenvalue weighted by atomic mass is 10.2. The average Bonchev–Trinajstić information content (AvgIpc) is 2.49. The van der Waals surface area contributed by atoms with Crippen LogP contribution in [-0.4, -0.2) is 48.0 Å². The van der Waals surface area contributed by atoms with Crippen LogP contribution in [0.1, 0.15) is 17.3 Å². The van der Waals surface area contributed by atoms with Crippen molar-refractivity contribution in [2.24, 2.45) is 0 Å². The first-order valence-corrected chi connectivity index (χ1v) is 7.88. The molecule has 1 aromatic carbocycles. The Morgan fingerprint density at radius 3 is 2.45 bits per heavy atom. The molecule has 3 amide bonds. The molecule has 0 bridgehead atoms. The van der Waals surface area contributed by atoms with E-state index >= 15 is 0 Å². The van der Waals surface area contributed by atoms with Crippen molar-refractivity contribution in [3.8, 4) is 0 Å². The molecule has 108 valence electrons. The molecule has 1 heterocycles. The fourth-order valence-corrected chi connectivity index (χ4v) is 2.84. The minimum atomic E-state index is -0.0987. The molecule has 1 saturated heterocycles. The summed E-state index contributed by atoms with van der Waals surface area (Å²) in [6.07, 6.45) is 0. The number of carbonyl (C=O) groups excluding carboxylic acids is 2. The molecule has 6 heteroatoms. The maximum atomic E-state index is 12.0. The number of hydrogen-bond acceptors (Lipinski definition) is 3. The van der Waals surface area contributed by atoms with Gasteiger partial charge in [-0.2, -0.15) is 11.8 Å². The summed E-state index contributed by atoms with van der Waals surface area (Å²) in [5.74, 6) is 1.88. The minimum Gasteiger partial charge on any atom is -0.352 e. The third kappa shape index (κ3) is 3.90. The van der Waals surface area contributed by atoms with Crippen LogP contribution < -0.4 is 10.6 Å². The third-order valence-corrected chi connectivity index (χ3v) is 3.98. The normalized spacial score (nSPS) is 14.8. The zero-order valence-electron chi connectivity index (χ0n) is 11.5. The molecule has 0 aliphatic carbocycles. The van der Waals surface area contributed by atoms with Gasteiger partial charge < -0.3 is 15.5 Å². The molecule has 5 nitrogen and oxygen atoms in total. The first-order chi connectivity index (χ1) is 9.70. The standard InChI is InChI=1S/C14H19N3O2S/c1-2-15-13(18)11-3-5-12(6-4-11)16-14(19)17-7-9-20-10-8-17/h3-6H,2,7-10H2,1H3,(H,15,18)(H,16,19). The Bertz CT molecular complexity index is 470. The molecule has 0 unspecified atom stereocenters. The second kappa shape index (κ2) is 7.19. The van der Waals surface area contributed by atoms with Crippen molar-refractivity contribution < 1.29 is 9.59 Å². The molecule has 1 aliphatic heterocycles. The van der Waals surface area contributed by atoms with Gasteiger partial charge in [0.25, 0.3) is 5.91 Å². The molecule has 0 spiro atoms. The summed E-state index contributed by atoms with van der Waals surface area (Å²) in [5, 5.41) is 5.59. The Kier molecular flexibility index (Phi) is 5.29. The van der Waals surface area contributed by atoms with Gasteiger partial charge in [0.2, 0.25) is 0 Å². The van der Waals surface area contributed by atoms with Crippen molar-refractivity contribution in [1.29, 1.82) is 0 Å². The summed E-state index contributed by atoms with van der Waals surface area (Å²) in [7, 11) is 0. The van der Waals surface area contributed by atoms with Gasteiger partial charge in [0.05, 0.1) is 0 Å². The van der Waals surface area contributed by atoms with Crippen LogP contribution in [0.4, 0.5) is 10.5 Å². The fourth-order valence-electron chi connectivity index (χ4n) is 1.94. The van der Waals surface area contributed by atoms with Crippen molar-refractivity contribution in [3.05, 3.63) is 29.8 Å². The molecule has 2 N–H and O–H groups in total. The van der Waals surface area contributed by atoms with Gasteiger partial charge >= 0.3 is 6.03 Å². The SMILES string of the molecule is CCNC(=O)c1ccc(NC(=O)N2CCSCC2)cc1. The smallest absolute Gasteiger partial charge is 0.321 e. The van der Waals surface area contributed by atoms with Gasteiger partial charge in [-0.3, -0.25) is 4.79 Å². The monoisotopic (exact) mass is 293 g/mol. The molecule has 0 radical (unpaired) electrons. The summed E-state index contributed by atoms with van der Waals surface area (Å²) in [5.41, 5.74) is 1.31. The number of carbonyl (C=O) groups is 2. The molecule has 0 aromatic heterocycles. The maximum Gasteiger partial charge on any atom is 0.321 e. The van der Waals surface area contributed by atoms with Crippen molar-refractivity contribution in [2.75, 3.05) is 36.5 Å². The Labute approximate surface area is 123 Å². The highest BCUT2D eigenvalue weighted by atomic mass is 32.2. The third-order valence-electron chi connectivity index (χ3n) is 3.03. The molecule has 1 aliphatic rings. The van der Waals surface area contributed by atoms with Crippen LogP contribution in [0, 0.1) is 0 Å². The summed E-state index contributed by atoms with van der Waals surface area (Å²) >= 11 is 1.87. The Balaban J connectivity index is 1.92. The molecule has 0 saturated carbocycles. The van der Waals surface area contributed by atoms with E-state index in [2.05, 4.69) is 10.6 Å². The fraction of sp³-hybridized carbons (Fsp3) is 0.429. The van der Waals surface area contributed by atoms with E-state index in [4.69, 9.17) is 0 Å². The lowest BCUT2D eigenvalue weighted by Crippen LogP contribution is -2.40. The molecule has 2 rings (SSSR count). The zero-order chi connectivity index (χ0) is 14.4.